The molecule has 1 amide bonds. The molecule has 1 aromatic heterocycles. The average Bonchev–Trinajstić information content (AvgIpc) is 2.88. The van der Waals surface area contributed by atoms with Crippen LogP contribution in [0.3, 0.4) is 0 Å². The third-order valence-electron chi connectivity index (χ3n) is 2.50. The molecular weight excluding hydrogens is 274 g/mol. The van der Waals surface area contributed by atoms with Crippen molar-refractivity contribution in [2.75, 3.05) is 25.0 Å². The molecule has 110 valence electrons. The number of carbonyl (C=O) groups is 1. The lowest BCUT2D eigenvalue weighted by atomic mass is 10.2. The van der Waals surface area contributed by atoms with Gasteiger partial charge < -0.3 is 10.2 Å². The highest BCUT2D eigenvalue weighted by Gasteiger charge is 2.20. The van der Waals surface area contributed by atoms with Gasteiger partial charge in [-0.05, 0) is 12.3 Å². The fourth-order valence-electron chi connectivity index (χ4n) is 1.65. The van der Waals surface area contributed by atoms with E-state index in [0.717, 1.165) is 13.0 Å². The van der Waals surface area contributed by atoms with E-state index >= 15 is 0 Å². The molecule has 1 N–H and O–H groups in total. The minimum Gasteiger partial charge on any atom is -0.360 e. The van der Waals surface area contributed by atoms with Gasteiger partial charge in [-0.3, -0.25) is 4.79 Å². The highest BCUT2D eigenvalue weighted by molar-refractivity contribution is 7.17. The van der Waals surface area contributed by atoms with Crippen molar-refractivity contribution in [3.63, 3.8) is 0 Å². The zero-order valence-electron chi connectivity index (χ0n) is 12.2. The second-order valence-corrected chi connectivity index (χ2v) is 5.87. The van der Waals surface area contributed by atoms with Crippen molar-refractivity contribution < 1.29 is 4.79 Å². The van der Waals surface area contributed by atoms with Crippen LogP contribution in [0.1, 0.15) is 43.4 Å². The molecule has 0 atom stereocenters. The summed E-state index contributed by atoms with van der Waals surface area (Å²) in [5.74, 6) is 0.208. The Kier molecular flexibility index (Phi) is 6.94. The van der Waals surface area contributed by atoms with Gasteiger partial charge in [-0.25, -0.2) is 0 Å². The summed E-state index contributed by atoms with van der Waals surface area (Å²) in [7, 11) is 0. The number of nitrogens with zero attached hydrogens (tertiary/aromatic N) is 4. The second-order valence-electron chi connectivity index (χ2n) is 4.89. The fraction of sp³-hybridized carbons (Fsp3) is 0.692. The van der Waals surface area contributed by atoms with Crippen LogP contribution in [0.2, 0.25) is 0 Å². The molecule has 20 heavy (non-hydrogen) atoms. The van der Waals surface area contributed by atoms with E-state index in [1.54, 1.807) is 4.90 Å². The van der Waals surface area contributed by atoms with E-state index in [0.29, 0.717) is 35.6 Å². The van der Waals surface area contributed by atoms with Crippen LogP contribution in [-0.4, -0.2) is 40.6 Å². The molecule has 0 aliphatic rings. The molecule has 0 saturated heterocycles. The Morgan fingerprint density at radius 3 is 2.85 bits per heavy atom. The molecule has 0 aliphatic carbocycles. The maximum atomic E-state index is 12.4. The topological polar surface area (TPSA) is 81.9 Å². The number of nitriles is 1. The van der Waals surface area contributed by atoms with Crippen LogP contribution in [0.5, 0.6) is 0 Å². The van der Waals surface area contributed by atoms with Gasteiger partial charge in [-0.15, -0.1) is 10.2 Å². The Labute approximate surface area is 123 Å². The summed E-state index contributed by atoms with van der Waals surface area (Å²) in [5.41, 5.74) is 0. The van der Waals surface area contributed by atoms with Crippen LogP contribution in [-0.2, 0) is 0 Å². The quantitative estimate of drug-likeness (QED) is 0.796. The minimum absolute atomic E-state index is 0.143. The van der Waals surface area contributed by atoms with Crippen molar-refractivity contribution in [2.45, 2.75) is 33.6 Å². The first-order valence-corrected chi connectivity index (χ1v) is 7.63. The molecule has 7 heteroatoms. The van der Waals surface area contributed by atoms with E-state index in [2.05, 4.69) is 28.5 Å². The largest absolute Gasteiger partial charge is 0.360 e. The Bertz CT molecular complexity index is 466. The summed E-state index contributed by atoms with van der Waals surface area (Å²) >= 11 is 1.26. The Balaban J connectivity index is 2.72. The van der Waals surface area contributed by atoms with Gasteiger partial charge >= 0.3 is 0 Å². The number of hydrogen-bond acceptors (Lipinski definition) is 6. The van der Waals surface area contributed by atoms with Crippen LogP contribution >= 0.6 is 11.3 Å². The lowest BCUT2D eigenvalue weighted by molar-refractivity contribution is 0.0738. The molecule has 0 spiro atoms. The standard InChI is InChI=1S/C13H21N5OS/c1-4-7-15-13-17-16-11(20-13)12(19)18(8-5-6-14)9-10(2)3/h10H,4-5,7-9H2,1-3H3,(H,15,17). The summed E-state index contributed by atoms with van der Waals surface area (Å²) in [5, 5.41) is 20.7. The van der Waals surface area contributed by atoms with Crippen molar-refractivity contribution in [1.29, 1.82) is 5.26 Å². The van der Waals surface area contributed by atoms with Crippen LogP contribution in [0, 0.1) is 17.2 Å². The lowest BCUT2D eigenvalue weighted by Gasteiger charge is -2.22. The minimum atomic E-state index is -0.143. The SMILES string of the molecule is CCCNc1nnc(C(=O)N(CCC#N)CC(C)C)s1. The molecule has 0 aliphatic heterocycles. The molecule has 0 bridgehead atoms. The second kappa shape index (κ2) is 8.48. The van der Waals surface area contributed by atoms with E-state index in [1.165, 1.54) is 11.3 Å². The third-order valence-corrected chi connectivity index (χ3v) is 3.37. The van der Waals surface area contributed by atoms with Gasteiger partial charge in [0, 0.05) is 19.6 Å². The summed E-state index contributed by atoms with van der Waals surface area (Å²) in [6, 6.07) is 2.07. The van der Waals surface area contributed by atoms with Gasteiger partial charge in [0.25, 0.3) is 5.91 Å². The number of aromatic nitrogens is 2. The number of anilines is 1. The molecule has 0 fully saturated rings. The maximum Gasteiger partial charge on any atom is 0.284 e. The van der Waals surface area contributed by atoms with Crippen molar-refractivity contribution in [2.24, 2.45) is 5.92 Å². The van der Waals surface area contributed by atoms with Gasteiger partial charge in [-0.2, -0.15) is 5.26 Å². The van der Waals surface area contributed by atoms with Crippen LogP contribution in [0.25, 0.3) is 0 Å². The first-order valence-electron chi connectivity index (χ1n) is 6.82. The predicted octanol–water partition coefficient (Wildman–Crippen LogP) is 2.37. The van der Waals surface area contributed by atoms with Crippen molar-refractivity contribution in [3.8, 4) is 6.07 Å². The smallest absolute Gasteiger partial charge is 0.284 e. The fourth-order valence-corrected chi connectivity index (χ4v) is 2.39. The average molecular weight is 295 g/mol. The molecule has 6 nitrogen and oxygen atoms in total. The van der Waals surface area contributed by atoms with Crippen molar-refractivity contribution in [1.82, 2.24) is 15.1 Å². The molecule has 1 heterocycles. The summed E-state index contributed by atoms with van der Waals surface area (Å²) in [4.78, 5) is 14.0. The monoisotopic (exact) mass is 295 g/mol. The molecule has 1 aromatic rings. The Morgan fingerprint density at radius 1 is 1.50 bits per heavy atom. The van der Waals surface area contributed by atoms with Crippen LogP contribution in [0.4, 0.5) is 5.13 Å². The van der Waals surface area contributed by atoms with Gasteiger partial charge in [0.15, 0.2) is 0 Å². The van der Waals surface area contributed by atoms with E-state index < -0.39 is 0 Å². The normalized spacial score (nSPS) is 10.3. The van der Waals surface area contributed by atoms with Crippen LogP contribution < -0.4 is 5.32 Å². The van der Waals surface area contributed by atoms with Crippen LogP contribution in [0.15, 0.2) is 0 Å². The Morgan fingerprint density at radius 2 is 2.25 bits per heavy atom. The molecule has 0 saturated carbocycles. The van der Waals surface area contributed by atoms with E-state index in [4.69, 9.17) is 5.26 Å². The van der Waals surface area contributed by atoms with E-state index in [-0.39, 0.29) is 5.91 Å². The van der Waals surface area contributed by atoms with Gasteiger partial charge in [-0.1, -0.05) is 32.1 Å². The first kappa shape index (κ1) is 16.4. The first-order chi connectivity index (χ1) is 9.58. The van der Waals surface area contributed by atoms with Gasteiger partial charge in [0.2, 0.25) is 10.1 Å². The number of hydrogen-bond donors (Lipinski definition) is 1. The number of carbonyl (C=O) groups excluding carboxylic acids is 1. The Hall–Kier alpha value is -1.68. The highest BCUT2D eigenvalue weighted by Crippen LogP contribution is 2.17. The molecular formula is C13H21N5OS. The zero-order valence-corrected chi connectivity index (χ0v) is 13.0. The lowest BCUT2D eigenvalue weighted by Crippen LogP contribution is -2.35. The van der Waals surface area contributed by atoms with Gasteiger partial charge in [0.1, 0.15) is 0 Å². The van der Waals surface area contributed by atoms with Crippen molar-refractivity contribution >= 4 is 22.4 Å². The molecule has 0 radical (unpaired) electrons. The maximum absolute atomic E-state index is 12.4. The summed E-state index contributed by atoms with van der Waals surface area (Å²) < 4.78 is 0. The van der Waals surface area contributed by atoms with Crippen molar-refractivity contribution in [3.05, 3.63) is 5.01 Å². The number of nitrogens with one attached hydrogen (secondary N) is 1. The zero-order chi connectivity index (χ0) is 15.0. The third kappa shape index (κ3) is 5.13. The van der Waals surface area contributed by atoms with E-state index in [1.807, 2.05) is 13.8 Å². The predicted molar refractivity (Wildman–Crippen MR) is 79.7 cm³/mol. The number of amides is 1. The number of rotatable bonds is 8. The molecule has 1 rings (SSSR count). The van der Waals surface area contributed by atoms with Gasteiger partial charge in [0.05, 0.1) is 12.5 Å². The molecule has 0 unspecified atom stereocenters. The summed E-state index contributed by atoms with van der Waals surface area (Å²) in [6.07, 6.45) is 1.32. The molecule has 0 aromatic carbocycles. The highest BCUT2D eigenvalue weighted by atomic mass is 32.1. The summed E-state index contributed by atoms with van der Waals surface area (Å²) in [6.45, 7) is 8.02. The van der Waals surface area contributed by atoms with E-state index in [9.17, 15) is 4.79 Å².